The summed E-state index contributed by atoms with van der Waals surface area (Å²) in [5.41, 5.74) is 0.483. The van der Waals surface area contributed by atoms with Crippen LogP contribution in [-0.2, 0) is 6.54 Å². The highest BCUT2D eigenvalue weighted by Crippen LogP contribution is 2.26. The van der Waals surface area contributed by atoms with Crippen molar-refractivity contribution in [1.82, 2.24) is 4.90 Å². The smallest absolute Gasteiger partial charge is 0.339 e. The zero-order chi connectivity index (χ0) is 14.0. The van der Waals surface area contributed by atoms with E-state index in [0.717, 1.165) is 0 Å². The SMILES string of the molecule is CN(Cc1oc2ccccc2c1C(=O)O)CC(F)F. The maximum Gasteiger partial charge on any atom is 0.339 e. The minimum Gasteiger partial charge on any atom is -0.478 e. The van der Waals surface area contributed by atoms with Crippen molar-refractivity contribution in [3.63, 3.8) is 0 Å². The van der Waals surface area contributed by atoms with Gasteiger partial charge >= 0.3 is 5.97 Å². The number of hydrogen-bond acceptors (Lipinski definition) is 3. The molecule has 0 saturated carbocycles. The summed E-state index contributed by atoms with van der Waals surface area (Å²) in [7, 11) is 1.49. The van der Waals surface area contributed by atoms with Gasteiger partial charge in [0.2, 0.25) is 0 Å². The fourth-order valence-corrected chi connectivity index (χ4v) is 1.99. The van der Waals surface area contributed by atoms with Crippen molar-refractivity contribution >= 4 is 16.9 Å². The lowest BCUT2D eigenvalue weighted by molar-refractivity contribution is 0.0692. The Kier molecular flexibility index (Phi) is 3.80. The third-order valence-corrected chi connectivity index (χ3v) is 2.75. The van der Waals surface area contributed by atoms with Crippen LogP contribution < -0.4 is 0 Å². The first kappa shape index (κ1) is 13.5. The largest absolute Gasteiger partial charge is 0.478 e. The van der Waals surface area contributed by atoms with Crippen molar-refractivity contribution in [2.45, 2.75) is 13.0 Å². The highest BCUT2D eigenvalue weighted by molar-refractivity contribution is 6.03. The minimum absolute atomic E-state index is 0.0284. The van der Waals surface area contributed by atoms with E-state index in [1.807, 2.05) is 0 Å². The van der Waals surface area contributed by atoms with Gasteiger partial charge in [-0.25, -0.2) is 13.6 Å². The van der Waals surface area contributed by atoms with Crippen molar-refractivity contribution in [1.29, 1.82) is 0 Å². The molecule has 0 unspecified atom stereocenters. The van der Waals surface area contributed by atoms with Crippen LogP contribution >= 0.6 is 0 Å². The standard InChI is InChI=1S/C13H13F2NO3/c1-16(7-11(14)15)6-10-12(13(17)18)8-4-2-3-5-9(8)19-10/h2-5,11H,6-7H2,1H3,(H,17,18). The topological polar surface area (TPSA) is 53.7 Å². The molecule has 0 spiro atoms. The van der Waals surface area contributed by atoms with Crippen LogP contribution in [0.5, 0.6) is 0 Å². The molecule has 0 aliphatic heterocycles. The number of nitrogens with zero attached hydrogens (tertiary/aromatic N) is 1. The number of para-hydroxylation sites is 1. The Hall–Kier alpha value is -1.95. The molecule has 1 heterocycles. The number of hydrogen-bond donors (Lipinski definition) is 1. The lowest BCUT2D eigenvalue weighted by atomic mass is 10.1. The molecule has 102 valence electrons. The highest BCUT2D eigenvalue weighted by atomic mass is 19.3. The van der Waals surface area contributed by atoms with Crippen LogP contribution in [0.4, 0.5) is 8.78 Å². The van der Waals surface area contributed by atoms with E-state index in [9.17, 15) is 18.7 Å². The second kappa shape index (κ2) is 5.36. The quantitative estimate of drug-likeness (QED) is 0.906. The van der Waals surface area contributed by atoms with Gasteiger partial charge in [-0.05, 0) is 13.1 Å². The third-order valence-electron chi connectivity index (χ3n) is 2.75. The maximum absolute atomic E-state index is 12.3. The number of fused-ring (bicyclic) bond motifs is 1. The normalized spacial score (nSPS) is 11.6. The number of halogens is 2. The van der Waals surface area contributed by atoms with E-state index < -0.39 is 18.9 Å². The molecule has 0 bridgehead atoms. The third kappa shape index (κ3) is 2.90. The van der Waals surface area contributed by atoms with Crippen LogP contribution in [-0.4, -0.2) is 36.0 Å². The lowest BCUT2D eigenvalue weighted by Crippen LogP contribution is -2.24. The molecule has 1 aromatic carbocycles. The molecular weight excluding hydrogens is 256 g/mol. The number of aromatic carboxylic acids is 1. The summed E-state index contributed by atoms with van der Waals surface area (Å²) in [4.78, 5) is 12.6. The van der Waals surface area contributed by atoms with E-state index in [1.54, 1.807) is 24.3 Å². The predicted octanol–water partition coefficient (Wildman–Crippen LogP) is 2.83. The molecule has 0 amide bonds. The molecule has 4 nitrogen and oxygen atoms in total. The number of furan rings is 1. The molecule has 19 heavy (non-hydrogen) atoms. The Bertz CT molecular complexity index is 595. The van der Waals surface area contributed by atoms with Gasteiger partial charge in [0, 0.05) is 5.39 Å². The molecule has 2 aromatic rings. The van der Waals surface area contributed by atoms with Crippen LogP contribution in [0.25, 0.3) is 11.0 Å². The monoisotopic (exact) mass is 269 g/mol. The van der Waals surface area contributed by atoms with E-state index in [2.05, 4.69) is 0 Å². The van der Waals surface area contributed by atoms with Crippen LogP contribution in [0.15, 0.2) is 28.7 Å². The Labute approximate surface area is 108 Å². The first-order valence-corrected chi connectivity index (χ1v) is 5.69. The number of carboxylic acids is 1. The number of rotatable bonds is 5. The summed E-state index contributed by atoms with van der Waals surface area (Å²) in [6.07, 6.45) is -2.47. The van der Waals surface area contributed by atoms with E-state index in [-0.39, 0.29) is 17.9 Å². The van der Waals surface area contributed by atoms with Crippen LogP contribution in [0, 0.1) is 0 Å². The highest BCUT2D eigenvalue weighted by Gasteiger charge is 2.21. The van der Waals surface area contributed by atoms with Gasteiger partial charge in [-0.3, -0.25) is 4.90 Å². The molecule has 0 radical (unpaired) electrons. The first-order chi connectivity index (χ1) is 8.99. The number of alkyl halides is 2. The summed E-state index contributed by atoms with van der Waals surface area (Å²) < 4.78 is 30.0. The molecule has 0 atom stereocenters. The number of carbonyl (C=O) groups is 1. The van der Waals surface area contributed by atoms with Gasteiger partial charge in [0.05, 0.1) is 13.1 Å². The van der Waals surface area contributed by atoms with Crippen molar-refractivity contribution in [3.8, 4) is 0 Å². The Morgan fingerprint density at radius 3 is 2.74 bits per heavy atom. The fourth-order valence-electron chi connectivity index (χ4n) is 1.99. The molecule has 2 rings (SSSR count). The summed E-state index contributed by atoms with van der Waals surface area (Å²) >= 11 is 0. The Morgan fingerprint density at radius 2 is 2.11 bits per heavy atom. The number of carboxylic acid groups (broad SMARTS) is 1. The molecule has 0 aliphatic rings. The van der Waals surface area contributed by atoms with Crippen molar-refractivity contribution in [2.75, 3.05) is 13.6 Å². The second-order valence-corrected chi connectivity index (χ2v) is 4.29. The summed E-state index contributed by atoms with van der Waals surface area (Å²) in [5, 5.41) is 9.70. The first-order valence-electron chi connectivity index (χ1n) is 5.69. The van der Waals surface area contributed by atoms with Crippen molar-refractivity contribution < 1.29 is 23.1 Å². The summed E-state index contributed by atoms with van der Waals surface area (Å²) in [6, 6.07) is 6.72. The van der Waals surface area contributed by atoms with Gasteiger partial charge in [-0.2, -0.15) is 0 Å². The van der Waals surface area contributed by atoms with E-state index in [1.165, 1.54) is 11.9 Å². The average Bonchev–Trinajstić information content (AvgIpc) is 2.64. The van der Waals surface area contributed by atoms with Gasteiger partial charge in [0.15, 0.2) is 0 Å². The number of benzene rings is 1. The average molecular weight is 269 g/mol. The Morgan fingerprint density at radius 1 is 1.42 bits per heavy atom. The van der Waals surface area contributed by atoms with E-state index in [0.29, 0.717) is 11.0 Å². The molecule has 0 saturated heterocycles. The van der Waals surface area contributed by atoms with Crippen LogP contribution in [0.1, 0.15) is 16.1 Å². The van der Waals surface area contributed by atoms with Gasteiger partial charge in [0.25, 0.3) is 6.43 Å². The molecule has 1 aromatic heterocycles. The van der Waals surface area contributed by atoms with E-state index in [4.69, 9.17) is 4.42 Å². The molecule has 1 N–H and O–H groups in total. The Balaban J connectivity index is 2.37. The minimum atomic E-state index is -2.47. The van der Waals surface area contributed by atoms with Crippen molar-refractivity contribution in [3.05, 3.63) is 35.6 Å². The van der Waals surface area contributed by atoms with Gasteiger partial charge in [0.1, 0.15) is 16.9 Å². The molecule has 0 aliphatic carbocycles. The zero-order valence-electron chi connectivity index (χ0n) is 10.3. The molecule has 6 heteroatoms. The maximum atomic E-state index is 12.3. The van der Waals surface area contributed by atoms with Crippen LogP contribution in [0.3, 0.4) is 0 Å². The zero-order valence-corrected chi connectivity index (χ0v) is 10.3. The lowest BCUT2D eigenvalue weighted by Gasteiger charge is -2.14. The van der Waals surface area contributed by atoms with E-state index >= 15 is 0 Å². The van der Waals surface area contributed by atoms with Crippen LogP contribution in [0.2, 0.25) is 0 Å². The van der Waals surface area contributed by atoms with Crippen molar-refractivity contribution in [2.24, 2.45) is 0 Å². The van der Waals surface area contributed by atoms with Gasteiger partial charge in [-0.15, -0.1) is 0 Å². The van der Waals surface area contributed by atoms with Gasteiger partial charge < -0.3 is 9.52 Å². The summed E-state index contributed by atoms with van der Waals surface area (Å²) in [5.74, 6) is -0.928. The fraction of sp³-hybridized carbons (Fsp3) is 0.308. The second-order valence-electron chi connectivity index (χ2n) is 4.29. The summed E-state index contributed by atoms with van der Waals surface area (Å²) in [6.45, 7) is -0.406. The molecule has 0 fully saturated rings. The molecular formula is C13H13F2NO3. The predicted molar refractivity (Wildman–Crippen MR) is 65.5 cm³/mol. The van der Waals surface area contributed by atoms with Gasteiger partial charge in [-0.1, -0.05) is 18.2 Å².